The summed E-state index contributed by atoms with van der Waals surface area (Å²) in [4.78, 5) is 3.90. The van der Waals surface area contributed by atoms with E-state index in [2.05, 4.69) is 10.3 Å². The minimum absolute atomic E-state index is 0.147. The SMILES string of the molecule is CN=CCC1(NCCO)CCO1. The van der Waals surface area contributed by atoms with Crippen molar-refractivity contribution in [3.63, 3.8) is 0 Å². The smallest absolute Gasteiger partial charge is 0.126 e. The van der Waals surface area contributed by atoms with Gasteiger partial charge >= 0.3 is 0 Å². The highest BCUT2D eigenvalue weighted by Crippen LogP contribution is 2.25. The van der Waals surface area contributed by atoms with E-state index in [1.165, 1.54) is 0 Å². The van der Waals surface area contributed by atoms with Crippen LogP contribution in [-0.4, -0.2) is 43.9 Å². The van der Waals surface area contributed by atoms with Gasteiger partial charge in [0.05, 0.1) is 13.2 Å². The summed E-state index contributed by atoms with van der Waals surface area (Å²) in [7, 11) is 1.75. The maximum Gasteiger partial charge on any atom is 0.126 e. The molecule has 0 aromatic carbocycles. The van der Waals surface area contributed by atoms with Crippen LogP contribution in [0.1, 0.15) is 12.8 Å². The van der Waals surface area contributed by atoms with Gasteiger partial charge in [0.1, 0.15) is 5.72 Å². The normalized spacial score (nSPS) is 29.2. The van der Waals surface area contributed by atoms with Crippen LogP contribution in [0.15, 0.2) is 4.99 Å². The number of ether oxygens (including phenoxy) is 1. The molecule has 1 saturated heterocycles. The summed E-state index contributed by atoms with van der Waals surface area (Å²) in [6.45, 7) is 1.53. The van der Waals surface area contributed by atoms with E-state index >= 15 is 0 Å². The van der Waals surface area contributed by atoms with Crippen LogP contribution in [0.2, 0.25) is 0 Å². The van der Waals surface area contributed by atoms with Crippen LogP contribution in [0.5, 0.6) is 0 Å². The number of aliphatic hydroxyl groups is 1. The van der Waals surface area contributed by atoms with Crippen LogP contribution < -0.4 is 5.32 Å². The van der Waals surface area contributed by atoms with E-state index in [4.69, 9.17) is 9.84 Å². The molecule has 0 spiro atoms. The van der Waals surface area contributed by atoms with Gasteiger partial charge in [0, 0.05) is 32.6 Å². The van der Waals surface area contributed by atoms with E-state index in [1.807, 2.05) is 6.21 Å². The highest BCUT2D eigenvalue weighted by atomic mass is 16.5. The molecule has 1 aliphatic rings. The Bertz CT molecular complexity index is 155. The number of hydrogen-bond acceptors (Lipinski definition) is 4. The molecular weight excluding hydrogens is 156 g/mol. The molecule has 4 heteroatoms. The topological polar surface area (TPSA) is 53.9 Å². The highest BCUT2D eigenvalue weighted by molar-refractivity contribution is 5.58. The van der Waals surface area contributed by atoms with E-state index < -0.39 is 0 Å². The number of aliphatic imine (C=N–C) groups is 1. The molecule has 0 saturated carbocycles. The first-order valence-electron chi connectivity index (χ1n) is 4.23. The monoisotopic (exact) mass is 172 g/mol. The zero-order valence-electron chi connectivity index (χ0n) is 7.42. The molecule has 0 bridgehead atoms. The quantitative estimate of drug-likeness (QED) is 0.563. The Morgan fingerprint density at radius 1 is 1.75 bits per heavy atom. The zero-order valence-corrected chi connectivity index (χ0v) is 7.42. The number of rotatable bonds is 5. The molecule has 2 N–H and O–H groups in total. The average Bonchev–Trinajstić information content (AvgIpc) is 2.02. The second-order valence-corrected chi connectivity index (χ2v) is 2.89. The fraction of sp³-hybridized carbons (Fsp3) is 0.875. The minimum atomic E-state index is -0.234. The summed E-state index contributed by atoms with van der Waals surface area (Å²) in [5.41, 5.74) is -0.234. The predicted octanol–water partition coefficient (Wildman–Crippen LogP) is -0.224. The Hall–Kier alpha value is -0.450. The first kappa shape index (κ1) is 9.64. The van der Waals surface area contributed by atoms with Gasteiger partial charge in [-0.25, -0.2) is 0 Å². The summed E-state index contributed by atoms with van der Waals surface area (Å²) in [5.74, 6) is 0. The van der Waals surface area contributed by atoms with Gasteiger partial charge in [-0.3, -0.25) is 5.32 Å². The van der Waals surface area contributed by atoms with E-state index in [-0.39, 0.29) is 12.3 Å². The second kappa shape index (κ2) is 4.54. The van der Waals surface area contributed by atoms with Gasteiger partial charge < -0.3 is 14.8 Å². The van der Waals surface area contributed by atoms with Crippen molar-refractivity contribution in [1.82, 2.24) is 5.32 Å². The summed E-state index contributed by atoms with van der Waals surface area (Å²) in [6.07, 6.45) is 3.62. The van der Waals surface area contributed by atoms with Gasteiger partial charge in [-0.2, -0.15) is 0 Å². The maximum atomic E-state index is 8.62. The zero-order chi connectivity index (χ0) is 8.86. The summed E-state index contributed by atoms with van der Waals surface area (Å²) >= 11 is 0. The molecule has 0 aromatic rings. The largest absolute Gasteiger partial charge is 0.395 e. The Morgan fingerprint density at radius 3 is 2.92 bits per heavy atom. The predicted molar refractivity (Wildman–Crippen MR) is 47.4 cm³/mol. The molecule has 1 aliphatic heterocycles. The van der Waals surface area contributed by atoms with Crippen molar-refractivity contribution >= 4 is 6.21 Å². The lowest BCUT2D eigenvalue weighted by atomic mass is 10.0. The molecular formula is C8H16N2O2. The van der Waals surface area contributed by atoms with Gasteiger partial charge in [0.25, 0.3) is 0 Å². The third-order valence-corrected chi connectivity index (χ3v) is 2.05. The Kier molecular flexibility index (Phi) is 3.65. The van der Waals surface area contributed by atoms with E-state index in [0.29, 0.717) is 6.54 Å². The molecule has 0 aromatic heterocycles. The third kappa shape index (κ3) is 2.27. The molecule has 0 radical (unpaired) electrons. The Morgan fingerprint density at radius 2 is 2.50 bits per heavy atom. The fourth-order valence-electron chi connectivity index (χ4n) is 1.24. The molecule has 12 heavy (non-hydrogen) atoms. The Labute approximate surface area is 72.6 Å². The van der Waals surface area contributed by atoms with Gasteiger partial charge in [-0.05, 0) is 0 Å². The minimum Gasteiger partial charge on any atom is -0.395 e. The van der Waals surface area contributed by atoms with Crippen molar-refractivity contribution < 1.29 is 9.84 Å². The first-order valence-corrected chi connectivity index (χ1v) is 4.23. The number of aliphatic hydroxyl groups excluding tert-OH is 1. The van der Waals surface area contributed by atoms with E-state index in [1.54, 1.807) is 7.05 Å². The lowest BCUT2D eigenvalue weighted by molar-refractivity contribution is -0.163. The first-order chi connectivity index (χ1) is 5.83. The van der Waals surface area contributed by atoms with Crippen LogP contribution >= 0.6 is 0 Å². The maximum absolute atomic E-state index is 8.62. The lowest BCUT2D eigenvalue weighted by Crippen LogP contribution is -2.56. The lowest BCUT2D eigenvalue weighted by Gasteiger charge is -2.41. The number of nitrogens with one attached hydrogen (secondary N) is 1. The third-order valence-electron chi connectivity index (χ3n) is 2.05. The van der Waals surface area contributed by atoms with Crippen molar-refractivity contribution in [2.75, 3.05) is 26.8 Å². The van der Waals surface area contributed by atoms with E-state index in [9.17, 15) is 0 Å². The molecule has 1 fully saturated rings. The van der Waals surface area contributed by atoms with Crippen molar-refractivity contribution in [2.45, 2.75) is 18.6 Å². The van der Waals surface area contributed by atoms with Gasteiger partial charge in [-0.15, -0.1) is 0 Å². The molecule has 0 amide bonds. The molecule has 0 aliphatic carbocycles. The number of hydrogen-bond donors (Lipinski definition) is 2. The molecule has 1 atom stereocenters. The molecule has 1 rings (SSSR count). The van der Waals surface area contributed by atoms with Crippen LogP contribution in [0.25, 0.3) is 0 Å². The Balaban J connectivity index is 2.29. The molecule has 70 valence electrons. The standard InChI is InChI=1S/C8H16N2O2/c1-9-4-2-8(3-7-12-8)10-5-6-11/h4,10-11H,2-3,5-7H2,1H3. The highest BCUT2D eigenvalue weighted by Gasteiger charge is 2.36. The fourth-order valence-corrected chi connectivity index (χ4v) is 1.24. The van der Waals surface area contributed by atoms with Gasteiger partial charge in [0.2, 0.25) is 0 Å². The second-order valence-electron chi connectivity index (χ2n) is 2.89. The summed E-state index contributed by atoms with van der Waals surface area (Å²) in [6, 6.07) is 0. The van der Waals surface area contributed by atoms with Crippen LogP contribution in [0.4, 0.5) is 0 Å². The number of nitrogens with zero attached hydrogens (tertiary/aromatic N) is 1. The van der Waals surface area contributed by atoms with Crippen molar-refractivity contribution in [2.24, 2.45) is 4.99 Å². The summed E-state index contributed by atoms with van der Waals surface area (Å²) < 4.78 is 5.41. The molecule has 1 unspecified atom stereocenters. The van der Waals surface area contributed by atoms with Gasteiger partial charge in [-0.1, -0.05) is 0 Å². The van der Waals surface area contributed by atoms with Crippen LogP contribution in [-0.2, 0) is 4.74 Å². The molecule has 4 nitrogen and oxygen atoms in total. The van der Waals surface area contributed by atoms with Crippen molar-refractivity contribution in [1.29, 1.82) is 0 Å². The van der Waals surface area contributed by atoms with Crippen molar-refractivity contribution in [3.05, 3.63) is 0 Å². The average molecular weight is 172 g/mol. The summed E-state index contributed by atoms with van der Waals surface area (Å²) in [5, 5.41) is 11.8. The van der Waals surface area contributed by atoms with Crippen molar-refractivity contribution in [3.8, 4) is 0 Å². The van der Waals surface area contributed by atoms with E-state index in [0.717, 1.165) is 19.4 Å². The van der Waals surface area contributed by atoms with Crippen LogP contribution in [0, 0.1) is 0 Å². The van der Waals surface area contributed by atoms with Gasteiger partial charge in [0.15, 0.2) is 0 Å². The molecule has 1 heterocycles. The van der Waals surface area contributed by atoms with Crippen LogP contribution in [0.3, 0.4) is 0 Å².